The zero-order chi connectivity index (χ0) is 15.1. The van der Waals surface area contributed by atoms with E-state index < -0.39 is 0 Å². The minimum absolute atomic E-state index is 0.869. The van der Waals surface area contributed by atoms with E-state index in [4.69, 9.17) is 0 Å². The van der Waals surface area contributed by atoms with Gasteiger partial charge in [0.15, 0.2) is 0 Å². The first-order valence-electron chi connectivity index (χ1n) is 8.58. The summed E-state index contributed by atoms with van der Waals surface area (Å²) in [5.74, 6) is 0.869. The molecule has 0 unspecified atom stereocenters. The molecule has 1 fully saturated rings. The number of hydrogen-bond donors (Lipinski definition) is 1. The molecule has 21 heavy (non-hydrogen) atoms. The number of rotatable bonds is 7. The normalized spacial score (nSPS) is 16.1. The molecule has 0 bridgehead atoms. The molecule has 1 aliphatic carbocycles. The Morgan fingerprint density at radius 1 is 1.29 bits per heavy atom. The fourth-order valence-electron chi connectivity index (χ4n) is 3.32. The van der Waals surface area contributed by atoms with Gasteiger partial charge in [0.1, 0.15) is 0 Å². The predicted octanol–water partition coefficient (Wildman–Crippen LogP) is 3.91. The first kappa shape index (κ1) is 16.3. The lowest BCUT2D eigenvalue weighted by Gasteiger charge is -2.30. The van der Waals surface area contributed by atoms with Gasteiger partial charge in [-0.25, -0.2) is 0 Å². The van der Waals surface area contributed by atoms with Gasteiger partial charge in [-0.3, -0.25) is 4.98 Å². The van der Waals surface area contributed by atoms with E-state index in [9.17, 15) is 0 Å². The van der Waals surface area contributed by atoms with Crippen LogP contribution in [0.15, 0.2) is 12.3 Å². The zero-order valence-corrected chi connectivity index (χ0v) is 14.0. The van der Waals surface area contributed by atoms with Gasteiger partial charge in [0.2, 0.25) is 0 Å². The second-order valence-electron chi connectivity index (χ2n) is 6.52. The molecule has 0 aliphatic heterocycles. The maximum Gasteiger partial charge on any atom is 0.0443 e. The molecule has 1 saturated carbocycles. The van der Waals surface area contributed by atoms with Gasteiger partial charge in [0.05, 0.1) is 0 Å². The number of pyridine rings is 1. The van der Waals surface area contributed by atoms with Gasteiger partial charge in [-0.05, 0) is 44.7 Å². The van der Waals surface area contributed by atoms with E-state index in [1.54, 1.807) is 0 Å². The molecule has 0 aromatic carbocycles. The van der Waals surface area contributed by atoms with Gasteiger partial charge in [-0.15, -0.1) is 0 Å². The highest BCUT2D eigenvalue weighted by atomic mass is 15.1. The van der Waals surface area contributed by atoms with Crippen LogP contribution in [0.25, 0.3) is 0 Å². The molecule has 0 amide bonds. The molecular weight excluding hydrogens is 258 g/mol. The molecule has 3 nitrogen and oxygen atoms in total. The minimum Gasteiger partial charge on any atom is -0.374 e. The highest BCUT2D eigenvalue weighted by Crippen LogP contribution is 2.27. The Hall–Kier alpha value is -1.09. The van der Waals surface area contributed by atoms with Crippen LogP contribution in [0.5, 0.6) is 0 Å². The first-order valence-corrected chi connectivity index (χ1v) is 8.58. The van der Waals surface area contributed by atoms with Crippen LogP contribution in [0.4, 0.5) is 5.69 Å². The summed E-state index contributed by atoms with van der Waals surface area (Å²) in [5.41, 5.74) is 3.80. The lowest BCUT2D eigenvalue weighted by Crippen LogP contribution is -2.28. The van der Waals surface area contributed by atoms with E-state index in [0.717, 1.165) is 24.7 Å². The molecule has 0 atom stereocenters. The number of aromatic nitrogens is 1. The van der Waals surface area contributed by atoms with Crippen LogP contribution in [0.1, 0.15) is 56.7 Å². The Labute approximate surface area is 130 Å². The summed E-state index contributed by atoms with van der Waals surface area (Å²) in [6.07, 6.45) is 10.3. The van der Waals surface area contributed by atoms with Crippen molar-refractivity contribution in [1.29, 1.82) is 0 Å². The van der Waals surface area contributed by atoms with Gasteiger partial charge in [-0.1, -0.05) is 26.2 Å². The lowest BCUT2D eigenvalue weighted by atomic mass is 9.89. The van der Waals surface area contributed by atoms with Gasteiger partial charge >= 0.3 is 0 Å². The second-order valence-corrected chi connectivity index (χ2v) is 6.52. The second kappa shape index (κ2) is 8.38. The van der Waals surface area contributed by atoms with Crippen LogP contribution in [0.3, 0.4) is 0 Å². The third kappa shape index (κ3) is 4.99. The van der Waals surface area contributed by atoms with Crippen molar-refractivity contribution in [2.75, 3.05) is 25.0 Å². The SMILES string of the molecule is CCCNCc1cnc(C)cc1N(C)CC1CCCCC1. The number of nitrogens with zero attached hydrogens (tertiary/aromatic N) is 2. The van der Waals surface area contributed by atoms with Crippen molar-refractivity contribution in [3.63, 3.8) is 0 Å². The molecule has 1 N–H and O–H groups in total. The molecule has 2 rings (SSSR count). The van der Waals surface area contributed by atoms with Crippen molar-refractivity contribution in [3.05, 3.63) is 23.5 Å². The minimum atomic E-state index is 0.869. The maximum absolute atomic E-state index is 4.48. The van der Waals surface area contributed by atoms with Crippen molar-refractivity contribution < 1.29 is 0 Å². The van der Waals surface area contributed by atoms with Crippen molar-refractivity contribution in [1.82, 2.24) is 10.3 Å². The predicted molar refractivity (Wildman–Crippen MR) is 90.8 cm³/mol. The van der Waals surface area contributed by atoms with Gasteiger partial charge in [0, 0.05) is 43.3 Å². The standard InChI is InChI=1S/C18H31N3/c1-4-10-19-12-17-13-20-15(2)11-18(17)21(3)14-16-8-6-5-7-9-16/h11,13,16,19H,4-10,12,14H2,1-3H3. The quantitative estimate of drug-likeness (QED) is 0.771. The molecule has 1 aliphatic rings. The largest absolute Gasteiger partial charge is 0.374 e. The van der Waals surface area contributed by atoms with Crippen molar-refractivity contribution in [3.8, 4) is 0 Å². The van der Waals surface area contributed by atoms with E-state index in [1.807, 2.05) is 6.20 Å². The first-order chi connectivity index (χ1) is 10.2. The summed E-state index contributed by atoms with van der Waals surface area (Å²) >= 11 is 0. The van der Waals surface area contributed by atoms with E-state index in [1.165, 1.54) is 56.3 Å². The van der Waals surface area contributed by atoms with Crippen LogP contribution in [0, 0.1) is 12.8 Å². The fraction of sp³-hybridized carbons (Fsp3) is 0.722. The average Bonchev–Trinajstić information content (AvgIpc) is 2.50. The smallest absolute Gasteiger partial charge is 0.0443 e. The highest BCUT2D eigenvalue weighted by molar-refractivity contribution is 5.53. The van der Waals surface area contributed by atoms with Crippen molar-refractivity contribution >= 4 is 5.69 Å². The molecule has 0 radical (unpaired) electrons. The summed E-state index contributed by atoms with van der Waals surface area (Å²) < 4.78 is 0. The number of hydrogen-bond acceptors (Lipinski definition) is 3. The maximum atomic E-state index is 4.48. The summed E-state index contributed by atoms with van der Waals surface area (Å²) in [7, 11) is 2.24. The third-order valence-corrected chi connectivity index (χ3v) is 4.51. The molecule has 3 heteroatoms. The molecular formula is C18H31N3. The Balaban J connectivity index is 2.02. The monoisotopic (exact) mass is 289 g/mol. The van der Waals surface area contributed by atoms with Gasteiger partial charge in [0.25, 0.3) is 0 Å². The summed E-state index contributed by atoms with van der Waals surface area (Å²) in [6.45, 7) is 7.47. The topological polar surface area (TPSA) is 28.2 Å². The van der Waals surface area contributed by atoms with Gasteiger partial charge in [-0.2, -0.15) is 0 Å². The fourth-order valence-corrected chi connectivity index (χ4v) is 3.32. The Kier molecular flexibility index (Phi) is 6.50. The number of nitrogens with one attached hydrogen (secondary N) is 1. The summed E-state index contributed by atoms with van der Waals surface area (Å²) in [5, 5.41) is 3.50. The molecule has 118 valence electrons. The van der Waals surface area contributed by atoms with Crippen LogP contribution in [0.2, 0.25) is 0 Å². The summed E-state index contributed by atoms with van der Waals surface area (Å²) in [6, 6.07) is 2.24. The Morgan fingerprint density at radius 2 is 2.05 bits per heavy atom. The zero-order valence-electron chi connectivity index (χ0n) is 14.0. The molecule has 0 saturated heterocycles. The van der Waals surface area contributed by atoms with Gasteiger partial charge < -0.3 is 10.2 Å². The average molecular weight is 289 g/mol. The molecule has 1 aromatic heterocycles. The van der Waals surface area contributed by atoms with E-state index in [-0.39, 0.29) is 0 Å². The Morgan fingerprint density at radius 3 is 2.76 bits per heavy atom. The third-order valence-electron chi connectivity index (χ3n) is 4.51. The van der Waals surface area contributed by atoms with Crippen LogP contribution < -0.4 is 10.2 Å². The van der Waals surface area contributed by atoms with Crippen molar-refractivity contribution in [2.45, 2.75) is 58.9 Å². The Bertz CT molecular complexity index is 424. The van der Waals surface area contributed by atoms with Crippen LogP contribution in [-0.2, 0) is 6.54 Å². The van der Waals surface area contributed by atoms with Crippen LogP contribution >= 0.6 is 0 Å². The highest BCUT2D eigenvalue weighted by Gasteiger charge is 2.17. The van der Waals surface area contributed by atoms with E-state index in [2.05, 4.69) is 42.2 Å². The number of aryl methyl sites for hydroxylation is 1. The van der Waals surface area contributed by atoms with E-state index in [0.29, 0.717) is 0 Å². The molecule has 1 aromatic rings. The van der Waals surface area contributed by atoms with Crippen LogP contribution in [-0.4, -0.2) is 25.1 Å². The number of anilines is 1. The molecule has 1 heterocycles. The lowest BCUT2D eigenvalue weighted by molar-refractivity contribution is 0.362. The molecule has 0 spiro atoms. The van der Waals surface area contributed by atoms with Crippen molar-refractivity contribution in [2.24, 2.45) is 5.92 Å². The van der Waals surface area contributed by atoms with E-state index >= 15 is 0 Å². The summed E-state index contributed by atoms with van der Waals surface area (Å²) in [4.78, 5) is 6.93.